The van der Waals surface area contributed by atoms with Gasteiger partial charge in [0.05, 0.1) is 29.8 Å². The molecule has 2 heterocycles. The summed E-state index contributed by atoms with van der Waals surface area (Å²) >= 11 is 0. The summed E-state index contributed by atoms with van der Waals surface area (Å²) in [5.41, 5.74) is 1.53. The lowest BCUT2D eigenvalue weighted by Crippen LogP contribution is -2.18. The summed E-state index contributed by atoms with van der Waals surface area (Å²) in [4.78, 5) is 12.4. The molecule has 1 N–H and O–H groups in total. The summed E-state index contributed by atoms with van der Waals surface area (Å²) in [6, 6.07) is 8.96. The Balaban J connectivity index is 1.74. The maximum absolute atomic E-state index is 12.4. The number of hydrogen-bond donors (Lipinski definition) is 1. The van der Waals surface area contributed by atoms with Crippen molar-refractivity contribution >= 4 is 27.6 Å². The van der Waals surface area contributed by atoms with Crippen molar-refractivity contribution < 1.29 is 17.9 Å². The van der Waals surface area contributed by atoms with Gasteiger partial charge in [0.25, 0.3) is 0 Å². The number of amides is 1. The Morgan fingerprint density at radius 3 is 2.89 bits per heavy atom. The molecule has 0 radical (unpaired) electrons. The highest BCUT2D eigenvalue weighted by molar-refractivity contribution is 7.91. The summed E-state index contributed by atoms with van der Waals surface area (Å²) in [5.74, 6) is 1.10. The first-order valence-corrected chi connectivity index (χ1v) is 10.7. The number of hydrogen-bond acceptors (Lipinski definition) is 5. The summed E-state index contributed by atoms with van der Waals surface area (Å²) in [7, 11) is -3.04. The molecule has 0 aliphatic carbocycles. The topological polar surface area (TPSA) is 90.3 Å². The van der Waals surface area contributed by atoms with Crippen molar-refractivity contribution in [3.05, 3.63) is 47.7 Å². The number of para-hydroxylation sites is 1. The van der Waals surface area contributed by atoms with Crippen LogP contribution in [0.25, 0.3) is 6.08 Å². The maximum Gasteiger partial charge on any atom is 0.249 e. The molecule has 1 aliphatic rings. The molecule has 0 saturated carbocycles. The number of nitrogens with zero attached hydrogens (tertiary/aromatic N) is 2. The summed E-state index contributed by atoms with van der Waals surface area (Å²) in [5, 5.41) is 7.16. The van der Waals surface area contributed by atoms with E-state index in [-0.39, 0.29) is 23.5 Å². The van der Waals surface area contributed by atoms with E-state index in [1.807, 2.05) is 38.1 Å². The molecule has 7 nitrogen and oxygen atoms in total. The number of ether oxygens (including phenoxy) is 1. The van der Waals surface area contributed by atoms with Crippen LogP contribution < -0.4 is 10.1 Å². The quantitative estimate of drug-likeness (QED) is 0.767. The third kappa shape index (κ3) is 4.77. The number of nitrogens with one attached hydrogen (secondary N) is 1. The lowest BCUT2D eigenvalue weighted by atomic mass is 10.2. The van der Waals surface area contributed by atoms with E-state index in [1.165, 1.54) is 6.08 Å². The van der Waals surface area contributed by atoms with Crippen LogP contribution in [0.2, 0.25) is 0 Å². The molecule has 3 rings (SSSR count). The van der Waals surface area contributed by atoms with Gasteiger partial charge in [0.15, 0.2) is 9.84 Å². The van der Waals surface area contributed by atoms with E-state index in [0.717, 1.165) is 11.3 Å². The molecular formula is C19H23N3O4S. The monoisotopic (exact) mass is 389 g/mol. The zero-order valence-corrected chi connectivity index (χ0v) is 16.2. The van der Waals surface area contributed by atoms with E-state index < -0.39 is 9.84 Å². The minimum Gasteiger partial charge on any atom is -0.493 e. The number of rotatable bonds is 6. The third-order valence-electron chi connectivity index (χ3n) is 4.30. The Morgan fingerprint density at radius 1 is 1.41 bits per heavy atom. The Labute approximate surface area is 159 Å². The summed E-state index contributed by atoms with van der Waals surface area (Å²) in [6.45, 7) is 4.25. The Hall–Kier alpha value is -2.61. The van der Waals surface area contributed by atoms with Crippen molar-refractivity contribution in [2.24, 2.45) is 0 Å². The van der Waals surface area contributed by atoms with Crippen LogP contribution in [0.5, 0.6) is 5.75 Å². The highest BCUT2D eigenvalue weighted by Gasteiger charge is 2.31. The second kappa shape index (κ2) is 7.96. The second-order valence-electron chi connectivity index (χ2n) is 6.47. The van der Waals surface area contributed by atoms with Crippen molar-refractivity contribution in [3.63, 3.8) is 0 Å². The van der Waals surface area contributed by atoms with Gasteiger partial charge in [-0.15, -0.1) is 0 Å². The van der Waals surface area contributed by atoms with E-state index in [4.69, 9.17) is 4.74 Å². The van der Waals surface area contributed by atoms with E-state index in [9.17, 15) is 13.2 Å². The molecule has 1 aromatic carbocycles. The van der Waals surface area contributed by atoms with Gasteiger partial charge in [-0.05, 0) is 32.4 Å². The van der Waals surface area contributed by atoms with E-state index >= 15 is 0 Å². The first kappa shape index (κ1) is 19.2. The van der Waals surface area contributed by atoms with Crippen molar-refractivity contribution in [3.8, 4) is 5.75 Å². The average Bonchev–Trinajstić information content (AvgIpc) is 3.16. The molecule has 1 amide bonds. The smallest absolute Gasteiger partial charge is 0.249 e. The summed E-state index contributed by atoms with van der Waals surface area (Å²) < 4.78 is 30.6. The first-order valence-electron chi connectivity index (χ1n) is 8.85. The number of sulfone groups is 1. The SMILES string of the molecule is CCOc1ccccc1/C=C/C(=O)Nc1cc(C)nn1C1CCS(=O)(=O)C1. The molecule has 27 heavy (non-hydrogen) atoms. The van der Waals surface area contributed by atoms with Crippen molar-refractivity contribution in [2.75, 3.05) is 23.4 Å². The predicted molar refractivity (Wildman–Crippen MR) is 105 cm³/mol. The molecule has 1 saturated heterocycles. The van der Waals surface area contributed by atoms with Gasteiger partial charge in [0, 0.05) is 17.7 Å². The van der Waals surface area contributed by atoms with Crippen LogP contribution in [0, 0.1) is 6.92 Å². The molecule has 2 aromatic rings. The number of carbonyl (C=O) groups is 1. The average molecular weight is 389 g/mol. The van der Waals surface area contributed by atoms with Crippen LogP contribution in [0.4, 0.5) is 5.82 Å². The summed E-state index contributed by atoms with van der Waals surface area (Å²) in [6.07, 6.45) is 3.62. The molecule has 8 heteroatoms. The number of aromatic nitrogens is 2. The van der Waals surface area contributed by atoms with E-state index in [2.05, 4.69) is 10.4 Å². The molecule has 1 aromatic heterocycles. The normalized spacial score (nSPS) is 18.7. The largest absolute Gasteiger partial charge is 0.493 e. The Bertz CT molecular complexity index is 963. The number of anilines is 1. The van der Waals surface area contributed by atoms with Crippen LogP contribution in [0.3, 0.4) is 0 Å². The Morgan fingerprint density at radius 2 is 2.19 bits per heavy atom. The number of aryl methyl sites for hydroxylation is 1. The lowest BCUT2D eigenvalue weighted by Gasteiger charge is -2.13. The van der Waals surface area contributed by atoms with Gasteiger partial charge in [0.1, 0.15) is 11.6 Å². The standard InChI is InChI=1S/C19H23N3O4S/c1-3-26-17-7-5-4-6-15(17)8-9-19(23)20-18-12-14(2)21-22(18)16-10-11-27(24,25)13-16/h4-9,12,16H,3,10-11,13H2,1-2H3,(H,20,23)/b9-8+. The zero-order valence-electron chi connectivity index (χ0n) is 15.4. The van der Waals surface area contributed by atoms with Gasteiger partial charge in [0.2, 0.25) is 5.91 Å². The molecule has 144 valence electrons. The molecule has 1 fully saturated rings. The van der Waals surface area contributed by atoms with Crippen LogP contribution in [-0.2, 0) is 14.6 Å². The van der Waals surface area contributed by atoms with Gasteiger partial charge in [-0.2, -0.15) is 5.10 Å². The molecule has 1 aliphatic heterocycles. The molecular weight excluding hydrogens is 366 g/mol. The fourth-order valence-electron chi connectivity index (χ4n) is 3.10. The van der Waals surface area contributed by atoms with Crippen LogP contribution in [-0.4, -0.2) is 42.2 Å². The molecule has 1 unspecified atom stereocenters. The molecule has 0 bridgehead atoms. The van der Waals surface area contributed by atoms with Crippen LogP contribution in [0.15, 0.2) is 36.4 Å². The molecule has 1 atom stereocenters. The first-order chi connectivity index (χ1) is 12.9. The van der Waals surface area contributed by atoms with Gasteiger partial charge in [-0.3, -0.25) is 4.79 Å². The van der Waals surface area contributed by atoms with Gasteiger partial charge < -0.3 is 10.1 Å². The van der Waals surface area contributed by atoms with E-state index in [1.54, 1.807) is 16.8 Å². The second-order valence-corrected chi connectivity index (χ2v) is 8.69. The highest BCUT2D eigenvalue weighted by atomic mass is 32.2. The molecule has 0 spiro atoms. The van der Waals surface area contributed by atoms with Crippen LogP contribution >= 0.6 is 0 Å². The highest BCUT2D eigenvalue weighted by Crippen LogP contribution is 2.27. The minimum absolute atomic E-state index is 0.0502. The third-order valence-corrected chi connectivity index (χ3v) is 6.05. The number of carbonyl (C=O) groups excluding carboxylic acids is 1. The minimum atomic E-state index is -3.04. The fourth-order valence-corrected chi connectivity index (χ4v) is 4.79. The zero-order chi connectivity index (χ0) is 19.4. The van der Waals surface area contributed by atoms with Gasteiger partial charge in [-0.1, -0.05) is 18.2 Å². The van der Waals surface area contributed by atoms with Gasteiger partial charge >= 0.3 is 0 Å². The van der Waals surface area contributed by atoms with Crippen molar-refractivity contribution in [1.29, 1.82) is 0 Å². The van der Waals surface area contributed by atoms with E-state index in [0.29, 0.717) is 24.6 Å². The predicted octanol–water partition coefficient (Wildman–Crippen LogP) is 2.60. The lowest BCUT2D eigenvalue weighted by molar-refractivity contribution is -0.111. The Kier molecular flexibility index (Phi) is 5.65. The fraction of sp³-hybridized carbons (Fsp3) is 0.368. The van der Waals surface area contributed by atoms with Crippen LogP contribution in [0.1, 0.15) is 30.6 Å². The number of benzene rings is 1. The van der Waals surface area contributed by atoms with Crippen molar-refractivity contribution in [2.45, 2.75) is 26.3 Å². The van der Waals surface area contributed by atoms with Gasteiger partial charge in [-0.25, -0.2) is 13.1 Å². The van der Waals surface area contributed by atoms with Crippen molar-refractivity contribution in [1.82, 2.24) is 9.78 Å². The maximum atomic E-state index is 12.4.